The molecule has 1 aromatic carbocycles. The lowest BCUT2D eigenvalue weighted by Crippen LogP contribution is -2.48. The number of esters is 1. The summed E-state index contributed by atoms with van der Waals surface area (Å²) in [7, 11) is 1.41. The molecule has 0 aromatic heterocycles. The van der Waals surface area contributed by atoms with Gasteiger partial charge in [0.15, 0.2) is 6.61 Å². The number of hydrogen-bond acceptors (Lipinski definition) is 5. The van der Waals surface area contributed by atoms with Crippen LogP contribution in [0.2, 0.25) is 5.02 Å². The van der Waals surface area contributed by atoms with E-state index in [1.54, 1.807) is 6.07 Å². The molecule has 1 saturated carbocycles. The predicted molar refractivity (Wildman–Crippen MR) is 96.4 cm³/mol. The van der Waals surface area contributed by atoms with Gasteiger partial charge in [0, 0.05) is 11.1 Å². The number of carbonyl (C=O) groups is 3. The van der Waals surface area contributed by atoms with Gasteiger partial charge in [-0.2, -0.15) is 0 Å². The Morgan fingerprint density at radius 2 is 1.96 bits per heavy atom. The van der Waals surface area contributed by atoms with Crippen LogP contribution in [0.5, 0.6) is 5.75 Å². The minimum atomic E-state index is -0.763. The number of benzene rings is 1. The van der Waals surface area contributed by atoms with Crippen molar-refractivity contribution in [2.75, 3.05) is 13.7 Å². The second-order valence-corrected chi connectivity index (χ2v) is 6.75. The number of urea groups is 1. The topological polar surface area (TPSA) is 93.7 Å². The van der Waals surface area contributed by atoms with Crippen molar-refractivity contribution >= 4 is 29.5 Å². The van der Waals surface area contributed by atoms with Crippen molar-refractivity contribution in [2.24, 2.45) is 5.92 Å². The largest absolute Gasteiger partial charge is 0.496 e. The van der Waals surface area contributed by atoms with E-state index in [0.717, 1.165) is 25.7 Å². The van der Waals surface area contributed by atoms with Gasteiger partial charge in [-0.3, -0.25) is 10.1 Å². The van der Waals surface area contributed by atoms with Gasteiger partial charge >= 0.3 is 12.0 Å². The van der Waals surface area contributed by atoms with Crippen molar-refractivity contribution in [2.45, 2.75) is 38.6 Å². The Morgan fingerprint density at radius 3 is 2.65 bits per heavy atom. The van der Waals surface area contributed by atoms with Crippen LogP contribution in [-0.4, -0.2) is 37.7 Å². The molecule has 8 heteroatoms. The van der Waals surface area contributed by atoms with Crippen LogP contribution >= 0.6 is 11.6 Å². The minimum absolute atomic E-state index is 0.0508. The fourth-order valence-electron chi connectivity index (χ4n) is 2.95. The first kappa shape index (κ1) is 20.0. The van der Waals surface area contributed by atoms with Crippen LogP contribution in [0.15, 0.2) is 18.2 Å². The maximum absolute atomic E-state index is 12.1. The number of ether oxygens (including phenoxy) is 2. The van der Waals surface area contributed by atoms with Crippen LogP contribution in [0.25, 0.3) is 0 Å². The number of hydrogen-bond donors (Lipinski definition) is 2. The number of halogens is 1. The summed E-state index contributed by atoms with van der Waals surface area (Å²) in [4.78, 5) is 35.8. The Labute approximate surface area is 157 Å². The lowest BCUT2D eigenvalue weighted by Gasteiger charge is -2.29. The molecule has 2 unspecified atom stereocenters. The Hall–Kier alpha value is -2.28. The summed E-state index contributed by atoms with van der Waals surface area (Å²) in [6.45, 7) is 1.49. The third kappa shape index (κ3) is 5.62. The summed E-state index contributed by atoms with van der Waals surface area (Å²) in [5.41, 5.74) is 0.105. The number of rotatable bonds is 5. The Morgan fingerprint density at radius 1 is 1.23 bits per heavy atom. The van der Waals surface area contributed by atoms with Crippen molar-refractivity contribution in [1.29, 1.82) is 0 Å². The maximum atomic E-state index is 12.1. The van der Waals surface area contributed by atoms with E-state index in [4.69, 9.17) is 21.1 Å². The normalized spacial score (nSPS) is 19.3. The summed E-state index contributed by atoms with van der Waals surface area (Å²) in [5.74, 6) is -0.817. The van der Waals surface area contributed by atoms with Gasteiger partial charge in [0.1, 0.15) is 11.3 Å². The zero-order valence-corrected chi connectivity index (χ0v) is 15.6. The van der Waals surface area contributed by atoms with Crippen LogP contribution in [0, 0.1) is 5.92 Å². The molecule has 7 nitrogen and oxygen atoms in total. The van der Waals surface area contributed by atoms with Gasteiger partial charge in [-0.1, -0.05) is 31.4 Å². The third-order valence-electron chi connectivity index (χ3n) is 4.40. The van der Waals surface area contributed by atoms with Crippen molar-refractivity contribution in [3.8, 4) is 5.75 Å². The highest BCUT2D eigenvalue weighted by Crippen LogP contribution is 2.24. The van der Waals surface area contributed by atoms with Gasteiger partial charge in [-0.25, -0.2) is 9.59 Å². The van der Waals surface area contributed by atoms with Gasteiger partial charge in [0.05, 0.1) is 7.11 Å². The standard InChI is InChI=1S/C18H23ClN2O5/c1-11-5-3-4-6-14(11)20-18(24)21-16(22)10-26-17(23)13-9-12(19)7-8-15(13)25-2/h7-9,11,14H,3-6,10H2,1-2H3,(H2,20,21,22,24). The van der Waals surface area contributed by atoms with E-state index in [9.17, 15) is 14.4 Å². The smallest absolute Gasteiger partial charge is 0.342 e. The molecule has 0 spiro atoms. The first-order chi connectivity index (χ1) is 12.4. The molecule has 0 bridgehead atoms. The van der Waals surface area contributed by atoms with Crippen LogP contribution in [0.1, 0.15) is 43.0 Å². The zero-order chi connectivity index (χ0) is 19.1. The molecule has 0 heterocycles. The molecule has 2 N–H and O–H groups in total. The number of methoxy groups -OCH3 is 1. The number of amides is 3. The highest BCUT2D eigenvalue weighted by atomic mass is 35.5. The number of imide groups is 1. The molecule has 0 aliphatic heterocycles. The predicted octanol–water partition coefficient (Wildman–Crippen LogP) is 2.91. The molecule has 0 radical (unpaired) electrons. The van der Waals surface area contributed by atoms with E-state index < -0.39 is 24.5 Å². The Bertz CT molecular complexity index is 680. The monoisotopic (exact) mass is 382 g/mol. The SMILES string of the molecule is COc1ccc(Cl)cc1C(=O)OCC(=O)NC(=O)NC1CCCCC1C. The van der Waals surface area contributed by atoms with E-state index in [0.29, 0.717) is 10.9 Å². The summed E-state index contributed by atoms with van der Waals surface area (Å²) in [5, 5.41) is 5.30. The third-order valence-corrected chi connectivity index (χ3v) is 4.63. The molecule has 0 saturated heterocycles. The van der Waals surface area contributed by atoms with Crippen LogP contribution in [-0.2, 0) is 9.53 Å². The zero-order valence-electron chi connectivity index (χ0n) is 14.8. The van der Waals surface area contributed by atoms with Gasteiger partial charge in [-0.05, 0) is 37.0 Å². The van der Waals surface area contributed by atoms with Crippen LogP contribution in [0.4, 0.5) is 4.79 Å². The molecule has 2 atom stereocenters. The quantitative estimate of drug-likeness (QED) is 0.763. The van der Waals surface area contributed by atoms with E-state index in [2.05, 4.69) is 17.6 Å². The van der Waals surface area contributed by atoms with E-state index in [-0.39, 0.29) is 17.4 Å². The first-order valence-corrected chi connectivity index (χ1v) is 8.89. The number of carbonyl (C=O) groups excluding carboxylic acids is 3. The average molecular weight is 383 g/mol. The molecule has 142 valence electrons. The van der Waals surface area contributed by atoms with Crippen molar-refractivity contribution in [3.63, 3.8) is 0 Å². The fraction of sp³-hybridized carbons (Fsp3) is 0.500. The van der Waals surface area contributed by atoms with Gasteiger partial charge in [0.25, 0.3) is 5.91 Å². The molecule has 1 aromatic rings. The number of nitrogens with one attached hydrogen (secondary N) is 2. The minimum Gasteiger partial charge on any atom is -0.496 e. The molecule has 2 rings (SSSR count). The second kappa shape index (κ2) is 9.43. The van der Waals surface area contributed by atoms with Crippen LogP contribution in [0.3, 0.4) is 0 Å². The van der Waals surface area contributed by atoms with E-state index in [1.807, 2.05) is 0 Å². The highest BCUT2D eigenvalue weighted by Gasteiger charge is 2.23. The maximum Gasteiger partial charge on any atom is 0.342 e. The molecular formula is C18H23ClN2O5. The summed E-state index contributed by atoms with van der Waals surface area (Å²) in [6.07, 6.45) is 4.16. The first-order valence-electron chi connectivity index (χ1n) is 8.51. The molecule has 3 amide bonds. The molecule has 26 heavy (non-hydrogen) atoms. The summed E-state index contributed by atoms with van der Waals surface area (Å²) >= 11 is 5.86. The van der Waals surface area contributed by atoms with Crippen LogP contribution < -0.4 is 15.4 Å². The Kier molecular flexibility index (Phi) is 7.26. The summed E-state index contributed by atoms with van der Waals surface area (Å²) in [6, 6.07) is 3.95. The van der Waals surface area contributed by atoms with Crippen molar-refractivity contribution in [1.82, 2.24) is 10.6 Å². The van der Waals surface area contributed by atoms with E-state index >= 15 is 0 Å². The van der Waals surface area contributed by atoms with Crippen molar-refractivity contribution in [3.05, 3.63) is 28.8 Å². The average Bonchev–Trinajstić information content (AvgIpc) is 2.61. The second-order valence-electron chi connectivity index (χ2n) is 6.31. The van der Waals surface area contributed by atoms with Crippen molar-refractivity contribution < 1.29 is 23.9 Å². The lowest BCUT2D eigenvalue weighted by atomic mass is 9.86. The van der Waals surface area contributed by atoms with Gasteiger partial charge in [-0.15, -0.1) is 0 Å². The molecule has 1 fully saturated rings. The van der Waals surface area contributed by atoms with E-state index in [1.165, 1.54) is 19.2 Å². The molecular weight excluding hydrogens is 360 g/mol. The van der Waals surface area contributed by atoms with Gasteiger partial charge in [0.2, 0.25) is 0 Å². The lowest BCUT2D eigenvalue weighted by molar-refractivity contribution is -0.123. The molecule has 1 aliphatic carbocycles. The fourth-order valence-corrected chi connectivity index (χ4v) is 3.12. The molecule has 1 aliphatic rings. The van der Waals surface area contributed by atoms with Gasteiger partial charge < -0.3 is 14.8 Å². The summed E-state index contributed by atoms with van der Waals surface area (Å²) < 4.78 is 9.99. The highest BCUT2D eigenvalue weighted by molar-refractivity contribution is 6.31. The Balaban J connectivity index is 1.82.